The van der Waals surface area contributed by atoms with Gasteiger partial charge in [-0.1, -0.05) is 17.2 Å². The van der Waals surface area contributed by atoms with E-state index in [1.807, 2.05) is 6.26 Å². The highest BCUT2D eigenvalue weighted by Gasteiger charge is 2.33. The second-order valence-corrected chi connectivity index (χ2v) is 11.9. The number of thiol groups is 1. The molecule has 0 saturated carbocycles. The van der Waals surface area contributed by atoms with Gasteiger partial charge < -0.3 is 18.8 Å². The van der Waals surface area contributed by atoms with E-state index in [9.17, 15) is 9.90 Å². The standard InChI is InChI=1S/C15H31BO5S2/c1-7-14(18)20-12-13(17)11-19-9-8-10-23(5,6)15(2,16)21-22(3)4/h3,7,13,17,22H,1,8-12,16H2,2,4-6H3. The lowest BCUT2D eigenvalue weighted by Gasteiger charge is -2.46. The summed E-state index contributed by atoms with van der Waals surface area (Å²) < 4.78 is 16.1. The van der Waals surface area contributed by atoms with Gasteiger partial charge in [0, 0.05) is 12.7 Å². The van der Waals surface area contributed by atoms with Crippen molar-refractivity contribution >= 4 is 34.4 Å². The summed E-state index contributed by atoms with van der Waals surface area (Å²) in [6.45, 7) is 5.98. The molecule has 0 aliphatic carbocycles. The number of ether oxygens (including phenoxy) is 2. The summed E-state index contributed by atoms with van der Waals surface area (Å²) in [5.74, 6) is 0.442. The van der Waals surface area contributed by atoms with Crippen LogP contribution < -0.4 is 0 Å². The molecule has 0 saturated heterocycles. The Kier molecular flexibility index (Phi) is 10.3. The minimum absolute atomic E-state index is 0.0843. The molecule has 0 aliphatic heterocycles. The number of hydrogen-bond acceptors (Lipinski definition) is 5. The molecular weight excluding hydrogens is 335 g/mol. The third-order valence-electron chi connectivity index (χ3n) is 3.53. The zero-order valence-corrected chi connectivity index (χ0v) is 16.6. The Hall–Kier alpha value is -0.365. The first-order chi connectivity index (χ1) is 10.5. The molecule has 8 heteroatoms. The highest BCUT2D eigenvalue weighted by molar-refractivity contribution is 8.34. The maximum absolute atomic E-state index is 10.9. The lowest BCUT2D eigenvalue weighted by atomic mass is 10.0. The van der Waals surface area contributed by atoms with Crippen molar-refractivity contribution in [3.63, 3.8) is 0 Å². The molecule has 0 aromatic carbocycles. The summed E-state index contributed by atoms with van der Waals surface area (Å²) in [6, 6.07) is 0. The normalized spacial score (nSPS) is 17.7. The zero-order valence-electron chi connectivity index (χ0n) is 14.9. The Balaban J connectivity index is 4.00. The molecule has 136 valence electrons. The van der Waals surface area contributed by atoms with Gasteiger partial charge in [-0.15, -0.1) is 5.69 Å². The Morgan fingerprint density at radius 2 is 2.13 bits per heavy atom. The topological polar surface area (TPSA) is 65.0 Å². The van der Waals surface area contributed by atoms with E-state index >= 15 is 0 Å². The van der Waals surface area contributed by atoms with Crippen molar-refractivity contribution in [3.8, 4) is 5.69 Å². The molecule has 0 aromatic rings. The van der Waals surface area contributed by atoms with E-state index in [0.717, 1.165) is 18.2 Å². The predicted octanol–water partition coefficient (Wildman–Crippen LogP) is 1.01. The molecule has 0 aliphatic rings. The number of aliphatic hydroxyl groups is 1. The highest BCUT2D eigenvalue weighted by atomic mass is 32.3. The fourth-order valence-corrected chi connectivity index (χ4v) is 4.90. The molecule has 1 N–H and O–H groups in total. The molecule has 0 rings (SSSR count). The van der Waals surface area contributed by atoms with Crippen molar-refractivity contribution < 1.29 is 23.6 Å². The maximum Gasteiger partial charge on any atom is 0.330 e. The van der Waals surface area contributed by atoms with Crippen molar-refractivity contribution in [2.75, 3.05) is 44.3 Å². The van der Waals surface area contributed by atoms with E-state index < -0.39 is 32.7 Å². The molecule has 0 amide bonds. The van der Waals surface area contributed by atoms with Crippen LogP contribution in [0.15, 0.2) is 12.7 Å². The minimum Gasteiger partial charge on any atom is -0.460 e. The van der Waals surface area contributed by atoms with Gasteiger partial charge in [-0.25, -0.2) is 14.8 Å². The summed E-state index contributed by atoms with van der Waals surface area (Å²) in [7, 11) is 0.214. The van der Waals surface area contributed by atoms with Crippen molar-refractivity contribution in [2.45, 2.75) is 24.3 Å². The molecule has 0 radical (unpaired) electrons. The van der Waals surface area contributed by atoms with Crippen LogP contribution in [-0.2, 0) is 18.5 Å². The molecule has 0 spiro atoms. The van der Waals surface area contributed by atoms with E-state index in [1.54, 1.807) is 0 Å². The second kappa shape index (κ2) is 10.5. The third-order valence-corrected chi connectivity index (χ3v) is 8.45. The van der Waals surface area contributed by atoms with Crippen LogP contribution >= 0.6 is 20.6 Å². The molecule has 23 heavy (non-hydrogen) atoms. The van der Waals surface area contributed by atoms with E-state index in [0.29, 0.717) is 6.61 Å². The molecule has 5 nitrogen and oxygen atoms in total. The summed E-state index contributed by atoms with van der Waals surface area (Å²) in [4.78, 5) is 10.6. The minimum atomic E-state index is -0.989. The van der Waals surface area contributed by atoms with Gasteiger partial charge in [0.1, 0.15) is 12.7 Å². The average molecular weight is 366 g/mol. The summed E-state index contributed by atoms with van der Waals surface area (Å²) in [5.41, 5.74) is 5.81. The van der Waals surface area contributed by atoms with Crippen molar-refractivity contribution in [2.24, 2.45) is 0 Å². The van der Waals surface area contributed by atoms with Crippen molar-refractivity contribution in [1.29, 1.82) is 0 Å². The number of carbonyl (C=O) groups excluding carboxylic acids is 1. The van der Waals surface area contributed by atoms with E-state index in [1.165, 1.54) is 0 Å². The van der Waals surface area contributed by atoms with Crippen LogP contribution in [0.2, 0.25) is 0 Å². The Morgan fingerprint density at radius 1 is 1.52 bits per heavy atom. The SMILES string of the molecule is BC(C)(O[SH](#C)C)S(C)(C)CCCOCC(O)COC(=O)C=C. The molecule has 0 bridgehead atoms. The number of rotatable bonds is 11. The van der Waals surface area contributed by atoms with Gasteiger partial charge in [0.15, 0.2) is 7.85 Å². The van der Waals surface area contributed by atoms with Crippen LogP contribution in [0.1, 0.15) is 13.3 Å². The molecule has 3 unspecified atom stereocenters. The second-order valence-electron chi connectivity index (χ2n) is 6.20. The monoisotopic (exact) mass is 366 g/mol. The molecule has 0 fully saturated rings. The first-order valence-electron chi connectivity index (χ1n) is 7.45. The Morgan fingerprint density at radius 3 is 2.65 bits per heavy atom. The van der Waals surface area contributed by atoms with Crippen LogP contribution in [-0.4, -0.2) is 74.2 Å². The smallest absolute Gasteiger partial charge is 0.330 e. The average Bonchev–Trinajstić information content (AvgIpc) is 2.42. The van der Waals surface area contributed by atoms with Crippen LogP contribution in [0.25, 0.3) is 0 Å². The maximum atomic E-state index is 10.9. The number of esters is 1. The van der Waals surface area contributed by atoms with Crippen LogP contribution in [0, 0.1) is 5.69 Å². The van der Waals surface area contributed by atoms with Crippen LogP contribution in [0.4, 0.5) is 0 Å². The lowest BCUT2D eigenvalue weighted by molar-refractivity contribution is -0.141. The summed E-state index contributed by atoms with van der Waals surface area (Å²) in [6.07, 6.45) is 7.48. The fourth-order valence-electron chi connectivity index (χ4n) is 1.72. The largest absolute Gasteiger partial charge is 0.460 e. The zero-order chi connectivity index (χ0) is 18.1. The van der Waals surface area contributed by atoms with Crippen molar-refractivity contribution in [1.82, 2.24) is 0 Å². The van der Waals surface area contributed by atoms with E-state index in [4.69, 9.17) is 19.3 Å². The summed E-state index contributed by atoms with van der Waals surface area (Å²) >= 11 is 0. The van der Waals surface area contributed by atoms with Gasteiger partial charge in [0.05, 0.1) is 11.4 Å². The predicted molar refractivity (Wildman–Crippen MR) is 105 cm³/mol. The van der Waals surface area contributed by atoms with Gasteiger partial charge in [-0.05, 0) is 37.9 Å². The van der Waals surface area contributed by atoms with Crippen LogP contribution in [0.5, 0.6) is 0 Å². The van der Waals surface area contributed by atoms with Gasteiger partial charge in [-0.2, -0.15) is 0 Å². The molecule has 0 aromatic heterocycles. The number of carbonyl (C=O) groups is 1. The van der Waals surface area contributed by atoms with Crippen molar-refractivity contribution in [3.05, 3.63) is 12.7 Å². The van der Waals surface area contributed by atoms with Gasteiger partial charge in [0.2, 0.25) is 0 Å². The molecule has 0 heterocycles. The van der Waals surface area contributed by atoms with Gasteiger partial charge >= 0.3 is 5.97 Å². The van der Waals surface area contributed by atoms with Gasteiger partial charge in [-0.3, -0.25) is 0 Å². The third kappa shape index (κ3) is 9.50. The van der Waals surface area contributed by atoms with E-state index in [-0.39, 0.29) is 18.0 Å². The number of hydrogen-bond donors (Lipinski definition) is 2. The summed E-state index contributed by atoms with van der Waals surface area (Å²) in [5, 5.41) is 9.62. The van der Waals surface area contributed by atoms with Gasteiger partial charge in [0.25, 0.3) is 0 Å². The first-order valence-corrected chi connectivity index (χ1v) is 11.8. The molecule has 3 atom stereocenters. The Bertz CT molecular complexity index is 457. The number of aliphatic hydroxyl groups excluding tert-OH is 1. The quantitative estimate of drug-likeness (QED) is 0.188. The highest BCUT2D eigenvalue weighted by Crippen LogP contribution is 2.53. The first kappa shape index (κ1) is 22.6. The Labute approximate surface area is 145 Å². The fraction of sp³-hybridized carbons (Fsp3) is 0.733. The van der Waals surface area contributed by atoms with Crippen LogP contribution in [0.3, 0.4) is 0 Å². The molecular formula is C15H31BO5S2. The van der Waals surface area contributed by atoms with E-state index in [2.05, 4.69) is 33.9 Å². The lowest BCUT2D eigenvalue weighted by Crippen LogP contribution is -2.35.